The topological polar surface area (TPSA) is 70.4 Å². The van der Waals surface area contributed by atoms with E-state index in [4.69, 9.17) is 14.5 Å². The number of methoxy groups -OCH3 is 1. The number of aryl methyl sites for hydroxylation is 1. The van der Waals surface area contributed by atoms with E-state index in [0.717, 1.165) is 58.4 Å². The molecular weight excluding hydrogens is 436 g/mol. The smallest absolute Gasteiger partial charge is 0.175 e. The van der Waals surface area contributed by atoms with Gasteiger partial charge in [0, 0.05) is 11.8 Å². The molecule has 0 N–H and O–H groups in total. The van der Waals surface area contributed by atoms with Gasteiger partial charge in [-0.25, -0.2) is 13.4 Å². The van der Waals surface area contributed by atoms with Gasteiger partial charge in [0.15, 0.2) is 9.84 Å². The van der Waals surface area contributed by atoms with E-state index >= 15 is 0 Å². The predicted molar refractivity (Wildman–Crippen MR) is 127 cm³/mol. The first-order chi connectivity index (χ1) is 15.9. The summed E-state index contributed by atoms with van der Waals surface area (Å²) in [5, 5.41) is 0. The number of nitrogens with zero attached hydrogens (tertiary/aromatic N) is 2. The summed E-state index contributed by atoms with van der Waals surface area (Å²) < 4.78 is 37.6. The van der Waals surface area contributed by atoms with Gasteiger partial charge in [-0.3, -0.25) is 4.57 Å². The van der Waals surface area contributed by atoms with Crippen molar-refractivity contribution >= 4 is 9.84 Å². The Morgan fingerprint density at radius 1 is 0.939 bits per heavy atom. The van der Waals surface area contributed by atoms with Gasteiger partial charge in [-0.15, -0.1) is 0 Å². The zero-order valence-corrected chi connectivity index (χ0v) is 19.3. The van der Waals surface area contributed by atoms with Crippen LogP contribution in [-0.4, -0.2) is 31.3 Å². The van der Waals surface area contributed by atoms with Gasteiger partial charge in [-0.2, -0.15) is 0 Å². The van der Waals surface area contributed by atoms with Gasteiger partial charge < -0.3 is 9.47 Å². The van der Waals surface area contributed by atoms with Crippen molar-refractivity contribution in [2.45, 2.75) is 24.3 Å². The van der Waals surface area contributed by atoms with Crippen molar-refractivity contribution in [1.29, 1.82) is 0 Å². The summed E-state index contributed by atoms with van der Waals surface area (Å²) in [6.45, 7) is 0.353. The largest absolute Gasteiger partial charge is 0.497 e. The molecule has 0 spiro atoms. The number of aromatic nitrogens is 2. The Balaban J connectivity index is 1.62. The molecule has 0 unspecified atom stereocenters. The van der Waals surface area contributed by atoms with Gasteiger partial charge in [0.2, 0.25) is 0 Å². The molecule has 0 fully saturated rings. The van der Waals surface area contributed by atoms with E-state index in [1.807, 2.05) is 60.7 Å². The van der Waals surface area contributed by atoms with Gasteiger partial charge >= 0.3 is 0 Å². The highest BCUT2D eigenvalue weighted by atomic mass is 32.2. The highest BCUT2D eigenvalue weighted by molar-refractivity contribution is 7.90. The third-order valence-electron chi connectivity index (χ3n) is 5.87. The summed E-state index contributed by atoms with van der Waals surface area (Å²) in [5.74, 6) is 2.36. The molecule has 168 valence electrons. The summed E-state index contributed by atoms with van der Waals surface area (Å²) in [6, 6.07) is 22.8. The molecule has 1 aliphatic heterocycles. The van der Waals surface area contributed by atoms with E-state index in [0.29, 0.717) is 11.5 Å². The molecular formula is C26H24N2O4S. The first kappa shape index (κ1) is 21.3. The maximum atomic E-state index is 12.1. The second-order valence-electron chi connectivity index (χ2n) is 8.06. The predicted octanol–water partition coefficient (Wildman–Crippen LogP) is 4.63. The average molecular weight is 461 g/mol. The van der Waals surface area contributed by atoms with Crippen molar-refractivity contribution in [2.24, 2.45) is 0 Å². The maximum Gasteiger partial charge on any atom is 0.175 e. The van der Waals surface area contributed by atoms with Crippen LogP contribution in [-0.2, 0) is 29.3 Å². The Morgan fingerprint density at radius 2 is 1.70 bits per heavy atom. The Morgan fingerprint density at radius 3 is 2.39 bits per heavy atom. The van der Waals surface area contributed by atoms with E-state index in [9.17, 15) is 8.42 Å². The SMILES string of the molecule is COc1ccc(-c2nc(COc3ccccc3)c3n2-c2ccc(S(C)(=O)=O)cc2CC3)cc1. The average Bonchev–Trinajstić information content (AvgIpc) is 3.21. The minimum Gasteiger partial charge on any atom is -0.497 e. The van der Waals surface area contributed by atoms with E-state index in [1.165, 1.54) is 6.26 Å². The van der Waals surface area contributed by atoms with Crippen LogP contribution in [0.25, 0.3) is 17.1 Å². The Labute approximate surface area is 193 Å². The fraction of sp³-hybridized carbons (Fsp3) is 0.192. The van der Waals surface area contributed by atoms with Crippen LogP contribution in [0.5, 0.6) is 11.5 Å². The number of hydrogen-bond donors (Lipinski definition) is 0. The van der Waals surface area contributed by atoms with Crippen molar-refractivity contribution < 1.29 is 17.9 Å². The van der Waals surface area contributed by atoms with Crippen molar-refractivity contribution in [3.63, 3.8) is 0 Å². The molecule has 2 heterocycles. The molecule has 0 saturated heterocycles. The lowest BCUT2D eigenvalue weighted by Crippen LogP contribution is -2.15. The summed E-state index contributed by atoms with van der Waals surface area (Å²) in [6.07, 6.45) is 2.73. The number of sulfone groups is 1. The number of rotatable bonds is 6. The van der Waals surface area contributed by atoms with Crippen LogP contribution >= 0.6 is 0 Å². The van der Waals surface area contributed by atoms with Gasteiger partial charge in [-0.05, 0) is 73.0 Å². The standard InChI is InChI=1S/C26H24N2O4S/c1-31-20-11-8-18(9-12-20)26-27-23(17-32-21-6-4-3-5-7-21)25-14-10-19-16-22(33(2,29)30)13-15-24(19)28(25)26/h3-9,11-13,15-16H,10,14,17H2,1-2H3. The molecule has 0 radical (unpaired) electrons. The molecule has 0 bridgehead atoms. The minimum atomic E-state index is -3.28. The minimum absolute atomic E-state index is 0.337. The molecule has 0 amide bonds. The fourth-order valence-electron chi connectivity index (χ4n) is 4.20. The van der Waals surface area contributed by atoms with E-state index in [-0.39, 0.29) is 0 Å². The maximum absolute atomic E-state index is 12.1. The number of hydrogen-bond acceptors (Lipinski definition) is 5. The van der Waals surface area contributed by atoms with E-state index in [1.54, 1.807) is 19.2 Å². The zero-order valence-electron chi connectivity index (χ0n) is 18.5. The number of ether oxygens (including phenoxy) is 2. The molecule has 6 nitrogen and oxygen atoms in total. The van der Waals surface area contributed by atoms with Crippen molar-refractivity contribution in [3.05, 3.63) is 89.7 Å². The quantitative estimate of drug-likeness (QED) is 0.420. The van der Waals surface area contributed by atoms with Gasteiger partial charge in [-0.1, -0.05) is 18.2 Å². The lowest BCUT2D eigenvalue weighted by atomic mass is 10.0. The third kappa shape index (κ3) is 4.12. The second kappa shape index (κ2) is 8.41. The van der Waals surface area contributed by atoms with Gasteiger partial charge in [0.05, 0.1) is 23.4 Å². The lowest BCUT2D eigenvalue weighted by molar-refractivity contribution is 0.300. The molecule has 0 aliphatic carbocycles. The Kier molecular flexibility index (Phi) is 5.42. The zero-order chi connectivity index (χ0) is 23.0. The molecule has 7 heteroatoms. The van der Waals surface area contributed by atoms with E-state index < -0.39 is 9.84 Å². The van der Waals surface area contributed by atoms with Crippen molar-refractivity contribution in [3.8, 4) is 28.6 Å². The van der Waals surface area contributed by atoms with Crippen LogP contribution in [0.4, 0.5) is 0 Å². The van der Waals surface area contributed by atoms with Crippen molar-refractivity contribution in [2.75, 3.05) is 13.4 Å². The van der Waals surface area contributed by atoms with E-state index in [2.05, 4.69) is 4.57 Å². The summed E-state index contributed by atoms with van der Waals surface area (Å²) in [7, 11) is -1.64. The number of imidazole rings is 1. The fourth-order valence-corrected chi connectivity index (χ4v) is 4.87. The summed E-state index contributed by atoms with van der Waals surface area (Å²) >= 11 is 0. The summed E-state index contributed by atoms with van der Waals surface area (Å²) in [5.41, 5.74) is 4.85. The molecule has 0 saturated carbocycles. The third-order valence-corrected chi connectivity index (χ3v) is 6.98. The monoisotopic (exact) mass is 460 g/mol. The van der Waals surface area contributed by atoms with Crippen LogP contribution in [0.3, 0.4) is 0 Å². The van der Waals surface area contributed by atoms with Crippen LogP contribution in [0.15, 0.2) is 77.7 Å². The van der Waals surface area contributed by atoms with Gasteiger partial charge in [0.1, 0.15) is 29.6 Å². The van der Waals surface area contributed by atoms with Crippen LogP contribution in [0.2, 0.25) is 0 Å². The molecule has 1 aromatic heterocycles. The molecule has 0 atom stereocenters. The highest BCUT2D eigenvalue weighted by Crippen LogP contribution is 2.35. The lowest BCUT2D eigenvalue weighted by Gasteiger charge is -2.22. The Bertz CT molecular complexity index is 1410. The molecule has 4 aromatic rings. The first-order valence-corrected chi connectivity index (χ1v) is 12.6. The second-order valence-corrected chi connectivity index (χ2v) is 10.1. The van der Waals surface area contributed by atoms with Crippen LogP contribution < -0.4 is 9.47 Å². The van der Waals surface area contributed by atoms with Crippen LogP contribution in [0, 0.1) is 0 Å². The Hall–Kier alpha value is -3.58. The molecule has 33 heavy (non-hydrogen) atoms. The molecule has 5 rings (SSSR count). The first-order valence-electron chi connectivity index (χ1n) is 10.7. The van der Waals surface area contributed by atoms with Gasteiger partial charge in [0.25, 0.3) is 0 Å². The van der Waals surface area contributed by atoms with Crippen molar-refractivity contribution in [1.82, 2.24) is 9.55 Å². The molecule has 3 aromatic carbocycles. The normalized spacial score (nSPS) is 12.7. The molecule has 1 aliphatic rings. The summed E-state index contributed by atoms with van der Waals surface area (Å²) in [4.78, 5) is 5.32. The highest BCUT2D eigenvalue weighted by Gasteiger charge is 2.26. The van der Waals surface area contributed by atoms with Crippen LogP contribution in [0.1, 0.15) is 17.0 Å². The number of fused-ring (bicyclic) bond motifs is 3. The number of para-hydroxylation sites is 1. The number of benzene rings is 3.